The summed E-state index contributed by atoms with van der Waals surface area (Å²) in [6.45, 7) is 9.03. The first-order valence-corrected chi connectivity index (χ1v) is 6.50. The molecule has 5 heteroatoms. The Balaban J connectivity index is 2.54. The van der Waals surface area contributed by atoms with E-state index < -0.39 is 0 Å². The van der Waals surface area contributed by atoms with Crippen molar-refractivity contribution in [3.63, 3.8) is 0 Å². The van der Waals surface area contributed by atoms with E-state index in [1.165, 1.54) is 0 Å². The number of carbonyl (C=O) groups is 1. The highest BCUT2D eigenvalue weighted by atomic mass is 35.5. The average molecular weight is 264 g/mol. The van der Waals surface area contributed by atoms with Gasteiger partial charge in [0.05, 0.1) is 23.7 Å². The van der Waals surface area contributed by atoms with Gasteiger partial charge in [-0.2, -0.15) is 0 Å². The van der Waals surface area contributed by atoms with Crippen molar-refractivity contribution in [1.82, 2.24) is 4.90 Å². The standard InChI is InChI=1S/C12H22ClNO3/c1-9(2)16-7-11(15)14-6-10(5-13)17-12(3,4)8-14/h9-10H,5-8H2,1-4H3. The Morgan fingerprint density at radius 1 is 1.59 bits per heavy atom. The molecule has 1 unspecified atom stereocenters. The molecule has 0 spiro atoms. The van der Waals surface area contributed by atoms with E-state index in [-0.39, 0.29) is 30.3 Å². The molecule has 1 atom stereocenters. The molecule has 0 aromatic rings. The van der Waals surface area contributed by atoms with E-state index in [2.05, 4.69) is 0 Å². The summed E-state index contributed by atoms with van der Waals surface area (Å²) in [4.78, 5) is 13.7. The van der Waals surface area contributed by atoms with Gasteiger partial charge in [0.1, 0.15) is 6.61 Å². The lowest BCUT2D eigenvalue weighted by molar-refractivity contribution is -0.162. The van der Waals surface area contributed by atoms with Gasteiger partial charge >= 0.3 is 0 Å². The van der Waals surface area contributed by atoms with Gasteiger partial charge < -0.3 is 14.4 Å². The molecule has 0 saturated carbocycles. The zero-order valence-electron chi connectivity index (χ0n) is 11.0. The van der Waals surface area contributed by atoms with E-state index >= 15 is 0 Å². The van der Waals surface area contributed by atoms with Gasteiger partial charge in [0.25, 0.3) is 0 Å². The molecule has 0 radical (unpaired) electrons. The largest absolute Gasteiger partial charge is 0.369 e. The van der Waals surface area contributed by atoms with Crippen molar-refractivity contribution >= 4 is 17.5 Å². The molecule has 1 heterocycles. The van der Waals surface area contributed by atoms with E-state index in [9.17, 15) is 4.79 Å². The Bertz CT molecular complexity index is 268. The zero-order valence-corrected chi connectivity index (χ0v) is 11.8. The molecule has 0 N–H and O–H groups in total. The normalized spacial score (nSPS) is 24.1. The van der Waals surface area contributed by atoms with Gasteiger partial charge in [0.2, 0.25) is 5.91 Å². The molecule has 4 nitrogen and oxygen atoms in total. The minimum Gasteiger partial charge on any atom is -0.369 e. The summed E-state index contributed by atoms with van der Waals surface area (Å²) in [5.41, 5.74) is -0.342. The van der Waals surface area contributed by atoms with Gasteiger partial charge in [0, 0.05) is 13.1 Å². The molecule has 17 heavy (non-hydrogen) atoms. The molecule has 1 rings (SSSR count). The van der Waals surface area contributed by atoms with Crippen molar-refractivity contribution in [2.75, 3.05) is 25.6 Å². The number of morpholine rings is 1. The molecule has 0 aliphatic carbocycles. The smallest absolute Gasteiger partial charge is 0.248 e. The predicted octanol–water partition coefficient (Wildman–Crippen LogP) is 1.66. The molecule has 1 aliphatic heterocycles. The van der Waals surface area contributed by atoms with Crippen LogP contribution in [-0.4, -0.2) is 54.2 Å². The van der Waals surface area contributed by atoms with Gasteiger partial charge in [-0.3, -0.25) is 4.79 Å². The molecule has 1 saturated heterocycles. The number of halogens is 1. The SMILES string of the molecule is CC(C)OCC(=O)N1CC(CCl)OC(C)(C)C1. The molecule has 1 fully saturated rings. The lowest BCUT2D eigenvalue weighted by Crippen LogP contribution is -2.55. The van der Waals surface area contributed by atoms with E-state index in [0.29, 0.717) is 19.0 Å². The van der Waals surface area contributed by atoms with Crippen molar-refractivity contribution in [3.8, 4) is 0 Å². The second kappa shape index (κ2) is 6.03. The van der Waals surface area contributed by atoms with Crippen molar-refractivity contribution in [2.24, 2.45) is 0 Å². The van der Waals surface area contributed by atoms with Crippen molar-refractivity contribution in [2.45, 2.75) is 45.5 Å². The van der Waals surface area contributed by atoms with Crippen molar-refractivity contribution < 1.29 is 14.3 Å². The van der Waals surface area contributed by atoms with E-state index in [0.717, 1.165) is 0 Å². The summed E-state index contributed by atoms with van der Waals surface area (Å²) >= 11 is 5.81. The van der Waals surface area contributed by atoms with E-state index in [1.54, 1.807) is 4.90 Å². The Morgan fingerprint density at radius 2 is 2.24 bits per heavy atom. The van der Waals surface area contributed by atoms with E-state index in [4.69, 9.17) is 21.1 Å². The number of amides is 1. The first-order valence-electron chi connectivity index (χ1n) is 5.97. The summed E-state index contributed by atoms with van der Waals surface area (Å²) in [5, 5.41) is 0. The van der Waals surface area contributed by atoms with Crippen LogP contribution in [0.3, 0.4) is 0 Å². The average Bonchev–Trinajstić information content (AvgIpc) is 2.23. The van der Waals surface area contributed by atoms with Crippen LogP contribution in [0.25, 0.3) is 0 Å². The molecule has 0 aromatic carbocycles. The van der Waals surface area contributed by atoms with Crippen LogP contribution in [0.15, 0.2) is 0 Å². The monoisotopic (exact) mass is 263 g/mol. The summed E-state index contributed by atoms with van der Waals surface area (Å²) in [7, 11) is 0. The molecule has 1 aliphatic rings. The Morgan fingerprint density at radius 3 is 2.76 bits per heavy atom. The van der Waals surface area contributed by atoms with Crippen LogP contribution in [0.5, 0.6) is 0 Å². The quantitative estimate of drug-likeness (QED) is 0.724. The third-order valence-corrected chi connectivity index (χ3v) is 2.89. The van der Waals surface area contributed by atoms with Crippen LogP contribution in [0.4, 0.5) is 0 Å². The number of ether oxygens (including phenoxy) is 2. The van der Waals surface area contributed by atoms with Gasteiger partial charge in [-0.25, -0.2) is 0 Å². The van der Waals surface area contributed by atoms with Crippen LogP contribution in [0, 0.1) is 0 Å². The highest BCUT2D eigenvalue weighted by Gasteiger charge is 2.35. The van der Waals surface area contributed by atoms with Gasteiger partial charge in [-0.1, -0.05) is 0 Å². The maximum absolute atomic E-state index is 12.0. The van der Waals surface area contributed by atoms with Crippen LogP contribution in [0.1, 0.15) is 27.7 Å². The minimum absolute atomic E-state index is 0.00481. The molecule has 0 aromatic heterocycles. The van der Waals surface area contributed by atoms with Gasteiger partial charge in [-0.05, 0) is 27.7 Å². The van der Waals surface area contributed by atoms with Crippen LogP contribution >= 0.6 is 11.6 Å². The number of hydrogen-bond donors (Lipinski definition) is 0. The lowest BCUT2D eigenvalue weighted by atomic mass is 10.1. The minimum atomic E-state index is -0.342. The van der Waals surface area contributed by atoms with Gasteiger partial charge in [-0.15, -0.1) is 11.6 Å². The summed E-state index contributed by atoms with van der Waals surface area (Å²) in [5.74, 6) is 0.406. The highest BCUT2D eigenvalue weighted by Crippen LogP contribution is 2.21. The fourth-order valence-corrected chi connectivity index (χ4v) is 2.06. The Labute approximate surface area is 108 Å². The van der Waals surface area contributed by atoms with Crippen molar-refractivity contribution in [3.05, 3.63) is 0 Å². The van der Waals surface area contributed by atoms with Crippen LogP contribution in [-0.2, 0) is 14.3 Å². The molecule has 100 valence electrons. The summed E-state index contributed by atoms with van der Waals surface area (Å²) < 4.78 is 11.1. The van der Waals surface area contributed by atoms with E-state index in [1.807, 2.05) is 27.7 Å². The predicted molar refractivity (Wildman–Crippen MR) is 67.3 cm³/mol. The molecular formula is C12H22ClNO3. The first-order chi connectivity index (χ1) is 7.84. The lowest BCUT2D eigenvalue weighted by Gasteiger charge is -2.42. The maximum Gasteiger partial charge on any atom is 0.248 e. The topological polar surface area (TPSA) is 38.8 Å². The third kappa shape index (κ3) is 4.82. The summed E-state index contributed by atoms with van der Waals surface area (Å²) in [6.07, 6.45) is -0.0276. The second-order valence-electron chi connectivity index (χ2n) is 5.29. The van der Waals surface area contributed by atoms with Crippen LogP contribution in [0.2, 0.25) is 0 Å². The number of rotatable bonds is 4. The summed E-state index contributed by atoms with van der Waals surface area (Å²) in [6, 6.07) is 0. The molecule has 0 bridgehead atoms. The van der Waals surface area contributed by atoms with Crippen LogP contribution < -0.4 is 0 Å². The number of nitrogens with zero attached hydrogens (tertiary/aromatic N) is 1. The first kappa shape index (κ1) is 14.7. The second-order valence-corrected chi connectivity index (χ2v) is 5.60. The fourth-order valence-electron chi connectivity index (χ4n) is 1.90. The number of hydrogen-bond acceptors (Lipinski definition) is 3. The maximum atomic E-state index is 12.0. The molecular weight excluding hydrogens is 242 g/mol. The Hall–Kier alpha value is -0.320. The van der Waals surface area contributed by atoms with Crippen molar-refractivity contribution in [1.29, 1.82) is 0 Å². The third-order valence-electron chi connectivity index (χ3n) is 2.55. The number of alkyl halides is 1. The van der Waals surface area contributed by atoms with Gasteiger partial charge in [0.15, 0.2) is 0 Å². The number of carbonyl (C=O) groups excluding carboxylic acids is 1. The molecule has 1 amide bonds. The fraction of sp³-hybridized carbons (Fsp3) is 0.917. The zero-order chi connectivity index (χ0) is 13.1. The Kier molecular flexibility index (Phi) is 5.22. The highest BCUT2D eigenvalue weighted by molar-refractivity contribution is 6.18.